The normalized spacial score (nSPS) is 15.1. The third-order valence-electron chi connectivity index (χ3n) is 2.22. The molecule has 0 rings (SSSR count). The molecule has 0 aromatic carbocycles. The molecule has 14 heavy (non-hydrogen) atoms. The molecule has 3 nitrogen and oxygen atoms in total. The monoisotopic (exact) mass is 218 g/mol. The lowest BCUT2D eigenvalue weighted by Crippen LogP contribution is -2.49. The van der Waals surface area contributed by atoms with Crippen molar-refractivity contribution in [3.05, 3.63) is 0 Å². The SMILES string of the molecule is CCCCCSCCC(C)(N)C(N)=O. The summed E-state index contributed by atoms with van der Waals surface area (Å²) in [5.74, 6) is 1.66. The quantitative estimate of drug-likeness (QED) is 0.607. The van der Waals surface area contributed by atoms with Crippen molar-refractivity contribution < 1.29 is 4.79 Å². The molecule has 0 aromatic heterocycles. The highest BCUT2D eigenvalue weighted by molar-refractivity contribution is 7.99. The number of rotatable bonds is 8. The Balaban J connectivity index is 3.40. The fourth-order valence-electron chi connectivity index (χ4n) is 0.964. The Bertz CT molecular complexity index is 172. The van der Waals surface area contributed by atoms with Crippen molar-refractivity contribution in [3.8, 4) is 0 Å². The molecule has 0 saturated heterocycles. The second kappa shape index (κ2) is 7.12. The van der Waals surface area contributed by atoms with Gasteiger partial charge in [-0.3, -0.25) is 4.79 Å². The zero-order chi connectivity index (χ0) is 11.0. The fraction of sp³-hybridized carbons (Fsp3) is 0.900. The van der Waals surface area contributed by atoms with Crippen molar-refractivity contribution in [2.75, 3.05) is 11.5 Å². The van der Waals surface area contributed by atoms with Crippen molar-refractivity contribution >= 4 is 17.7 Å². The molecule has 4 heteroatoms. The van der Waals surface area contributed by atoms with E-state index in [4.69, 9.17) is 11.5 Å². The van der Waals surface area contributed by atoms with E-state index in [1.807, 2.05) is 11.8 Å². The molecule has 0 aliphatic rings. The molecule has 0 aliphatic carbocycles. The summed E-state index contributed by atoms with van der Waals surface area (Å²) in [6.45, 7) is 3.89. The van der Waals surface area contributed by atoms with Gasteiger partial charge in [-0.1, -0.05) is 19.8 Å². The molecule has 0 fully saturated rings. The van der Waals surface area contributed by atoms with Gasteiger partial charge in [0.2, 0.25) is 5.91 Å². The number of primary amides is 1. The van der Waals surface area contributed by atoms with E-state index in [2.05, 4.69) is 6.92 Å². The summed E-state index contributed by atoms with van der Waals surface area (Å²) < 4.78 is 0. The predicted octanol–water partition coefficient (Wildman–Crippen LogP) is 1.50. The lowest BCUT2D eigenvalue weighted by molar-refractivity contribution is -0.122. The minimum atomic E-state index is -0.836. The summed E-state index contributed by atoms with van der Waals surface area (Å²) in [6, 6.07) is 0. The maximum absolute atomic E-state index is 10.9. The van der Waals surface area contributed by atoms with Crippen LogP contribution in [-0.4, -0.2) is 23.0 Å². The molecule has 0 saturated carbocycles. The first-order valence-corrected chi connectivity index (χ1v) is 6.32. The fourth-order valence-corrected chi connectivity index (χ4v) is 2.14. The molecule has 0 bridgehead atoms. The predicted molar refractivity (Wildman–Crippen MR) is 63.3 cm³/mol. The first-order valence-electron chi connectivity index (χ1n) is 5.17. The van der Waals surface area contributed by atoms with Crippen LogP contribution in [0.15, 0.2) is 0 Å². The van der Waals surface area contributed by atoms with Crippen LogP contribution in [0, 0.1) is 0 Å². The molecule has 1 atom stereocenters. The van der Waals surface area contributed by atoms with Gasteiger partial charge in [-0.2, -0.15) is 11.8 Å². The average molecular weight is 218 g/mol. The minimum Gasteiger partial charge on any atom is -0.368 e. The van der Waals surface area contributed by atoms with Gasteiger partial charge in [-0.25, -0.2) is 0 Å². The Morgan fingerprint density at radius 3 is 2.50 bits per heavy atom. The van der Waals surface area contributed by atoms with Crippen molar-refractivity contribution in [3.63, 3.8) is 0 Å². The Morgan fingerprint density at radius 2 is 2.00 bits per heavy atom. The summed E-state index contributed by atoms with van der Waals surface area (Å²) in [5, 5.41) is 0. The van der Waals surface area contributed by atoms with E-state index in [1.54, 1.807) is 6.92 Å². The maximum Gasteiger partial charge on any atom is 0.237 e. The van der Waals surface area contributed by atoms with E-state index in [-0.39, 0.29) is 0 Å². The third-order valence-corrected chi connectivity index (χ3v) is 3.29. The zero-order valence-corrected chi connectivity index (χ0v) is 10.0. The topological polar surface area (TPSA) is 69.1 Å². The molecule has 0 spiro atoms. The van der Waals surface area contributed by atoms with E-state index in [0.29, 0.717) is 6.42 Å². The number of hydrogen-bond donors (Lipinski definition) is 2. The van der Waals surface area contributed by atoms with Crippen LogP contribution >= 0.6 is 11.8 Å². The number of unbranched alkanes of at least 4 members (excludes halogenated alkanes) is 2. The van der Waals surface area contributed by atoms with Gasteiger partial charge in [-0.05, 0) is 31.3 Å². The van der Waals surface area contributed by atoms with Gasteiger partial charge in [0.15, 0.2) is 0 Å². The van der Waals surface area contributed by atoms with E-state index in [1.165, 1.54) is 19.3 Å². The number of carbonyl (C=O) groups excluding carboxylic acids is 1. The van der Waals surface area contributed by atoms with Crippen molar-refractivity contribution in [2.24, 2.45) is 11.5 Å². The highest BCUT2D eigenvalue weighted by atomic mass is 32.2. The lowest BCUT2D eigenvalue weighted by Gasteiger charge is -2.19. The molecule has 0 radical (unpaired) electrons. The molecule has 0 aromatic rings. The minimum absolute atomic E-state index is 0.411. The van der Waals surface area contributed by atoms with Crippen molar-refractivity contribution in [1.29, 1.82) is 0 Å². The Labute approximate surface area is 91.0 Å². The summed E-state index contributed by atoms with van der Waals surface area (Å²) in [7, 11) is 0. The Kier molecular flexibility index (Phi) is 7.01. The Morgan fingerprint density at radius 1 is 1.36 bits per heavy atom. The number of amides is 1. The van der Waals surface area contributed by atoms with Gasteiger partial charge in [0.1, 0.15) is 0 Å². The van der Waals surface area contributed by atoms with Crippen LogP contribution in [0.5, 0.6) is 0 Å². The van der Waals surface area contributed by atoms with Gasteiger partial charge in [-0.15, -0.1) is 0 Å². The number of thioether (sulfide) groups is 1. The van der Waals surface area contributed by atoms with Gasteiger partial charge in [0.05, 0.1) is 5.54 Å². The smallest absolute Gasteiger partial charge is 0.237 e. The lowest BCUT2D eigenvalue weighted by atomic mass is 10.0. The van der Waals surface area contributed by atoms with Gasteiger partial charge < -0.3 is 11.5 Å². The number of carbonyl (C=O) groups is 1. The first-order chi connectivity index (χ1) is 6.50. The largest absolute Gasteiger partial charge is 0.368 e. The Hall–Kier alpha value is -0.220. The van der Waals surface area contributed by atoms with Crippen LogP contribution in [0.2, 0.25) is 0 Å². The molecule has 1 amide bonds. The van der Waals surface area contributed by atoms with E-state index in [9.17, 15) is 4.79 Å². The molecular formula is C10H22N2OS. The molecule has 0 heterocycles. The number of nitrogens with two attached hydrogens (primary N) is 2. The summed E-state index contributed by atoms with van der Waals surface area (Å²) in [5.41, 5.74) is 10.0. The van der Waals surface area contributed by atoms with E-state index >= 15 is 0 Å². The van der Waals surface area contributed by atoms with Gasteiger partial charge in [0.25, 0.3) is 0 Å². The van der Waals surface area contributed by atoms with Crippen molar-refractivity contribution in [1.82, 2.24) is 0 Å². The highest BCUT2D eigenvalue weighted by Gasteiger charge is 2.24. The van der Waals surface area contributed by atoms with Gasteiger partial charge >= 0.3 is 0 Å². The molecular weight excluding hydrogens is 196 g/mol. The average Bonchev–Trinajstić information content (AvgIpc) is 2.10. The zero-order valence-electron chi connectivity index (χ0n) is 9.21. The molecule has 84 valence electrons. The van der Waals surface area contributed by atoms with Crippen molar-refractivity contribution in [2.45, 2.75) is 45.1 Å². The molecule has 0 aliphatic heterocycles. The van der Waals surface area contributed by atoms with Crippen LogP contribution in [-0.2, 0) is 4.79 Å². The highest BCUT2D eigenvalue weighted by Crippen LogP contribution is 2.13. The van der Waals surface area contributed by atoms with E-state index < -0.39 is 11.4 Å². The van der Waals surface area contributed by atoms with E-state index in [0.717, 1.165) is 11.5 Å². The first kappa shape index (κ1) is 13.8. The maximum atomic E-state index is 10.9. The third kappa shape index (κ3) is 6.27. The standard InChI is InChI=1S/C10H22N2OS/c1-3-4-5-7-14-8-6-10(2,12)9(11)13/h3-8,12H2,1-2H3,(H2,11,13). The van der Waals surface area contributed by atoms with Crippen LogP contribution < -0.4 is 11.5 Å². The molecule has 1 unspecified atom stereocenters. The number of hydrogen-bond acceptors (Lipinski definition) is 3. The summed E-state index contributed by atoms with van der Waals surface area (Å²) >= 11 is 1.85. The van der Waals surface area contributed by atoms with Crippen LogP contribution in [0.1, 0.15) is 39.5 Å². The van der Waals surface area contributed by atoms with Crippen LogP contribution in [0.4, 0.5) is 0 Å². The van der Waals surface area contributed by atoms with Gasteiger partial charge in [0, 0.05) is 0 Å². The summed E-state index contributed by atoms with van der Waals surface area (Å²) in [4.78, 5) is 10.9. The van der Waals surface area contributed by atoms with Crippen LogP contribution in [0.25, 0.3) is 0 Å². The second-order valence-electron chi connectivity index (χ2n) is 3.85. The summed E-state index contributed by atoms with van der Waals surface area (Å²) in [6.07, 6.45) is 4.44. The molecule has 4 N–H and O–H groups in total. The van der Waals surface area contributed by atoms with Crippen LogP contribution in [0.3, 0.4) is 0 Å². The second-order valence-corrected chi connectivity index (χ2v) is 5.08.